The summed E-state index contributed by atoms with van der Waals surface area (Å²) in [5, 5.41) is 0. The molecule has 0 amide bonds. The molecule has 1 saturated carbocycles. The molecule has 0 aromatic carbocycles. The lowest BCUT2D eigenvalue weighted by atomic mass is 9.75. The molecule has 4 atom stereocenters. The van der Waals surface area contributed by atoms with Gasteiger partial charge in [0.25, 0.3) is 0 Å². The molecule has 2 aliphatic rings. The van der Waals surface area contributed by atoms with Crippen molar-refractivity contribution in [3.05, 3.63) is 0 Å². The Morgan fingerprint density at radius 1 is 1.44 bits per heavy atom. The molecule has 16 heavy (non-hydrogen) atoms. The number of ether oxygens (including phenoxy) is 2. The van der Waals surface area contributed by atoms with Crippen LogP contribution in [0, 0.1) is 17.8 Å². The Bertz CT molecular complexity index is 299. The quantitative estimate of drug-likeness (QED) is 0.670. The van der Waals surface area contributed by atoms with Crippen LogP contribution >= 0.6 is 0 Å². The van der Waals surface area contributed by atoms with E-state index in [-0.39, 0.29) is 35.8 Å². The van der Waals surface area contributed by atoms with Crippen LogP contribution in [0.15, 0.2) is 0 Å². The van der Waals surface area contributed by atoms with E-state index in [0.717, 1.165) is 25.7 Å². The number of methoxy groups -OCH3 is 1. The summed E-state index contributed by atoms with van der Waals surface area (Å²) in [6.45, 7) is 1.76. The summed E-state index contributed by atoms with van der Waals surface area (Å²) >= 11 is 0. The van der Waals surface area contributed by atoms with Gasteiger partial charge >= 0.3 is 11.9 Å². The second-order valence-electron chi connectivity index (χ2n) is 4.76. The zero-order valence-corrected chi connectivity index (χ0v) is 9.77. The Labute approximate surface area is 95.3 Å². The zero-order valence-electron chi connectivity index (χ0n) is 9.77. The summed E-state index contributed by atoms with van der Waals surface area (Å²) in [6, 6.07) is 0. The van der Waals surface area contributed by atoms with Crippen molar-refractivity contribution < 1.29 is 19.1 Å². The van der Waals surface area contributed by atoms with Crippen molar-refractivity contribution in [2.75, 3.05) is 7.11 Å². The first-order valence-corrected chi connectivity index (χ1v) is 5.93. The van der Waals surface area contributed by atoms with Crippen molar-refractivity contribution in [1.82, 2.24) is 0 Å². The Morgan fingerprint density at radius 3 is 2.81 bits per heavy atom. The summed E-state index contributed by atoms with van der Waals surface area (Å²) in [6.07, 6.45) is 4.22. The fraction of sp³-hybridized carbons (Fsp3) is 0.833. The first-order valence-electron chi connectivity index (χ1n) is 5.93. The van der Waals surface area contributed by atoms with Crippen LogP contribution < -0.4 is 0 Å². The number of fused-ring (bicyclic) bond motifs is 1. The fourth-order valence-corrected chi connectivity index (χ4v) is 2.99. The molecule has 0 radical (unpaired) electrons. The van der Waals surface area contributed by atoms with Gasteiger partial charge in [-0.15, -0.1) is 0 Å². The van der Waals surface area contributed by atoms with E-state index in [2.05, 4.69) is 0 Å². The SMILES string of the molecule is COC(=O)[C@H](C)[C@@H]1C(=O)O[C@@H]2CCCC[C@H]12. The highest BCUT2D eigenvalue weighted by Gasteiger charge is 2.49. The summed E-state index contributed by atoms with van der Waals surface area (Å²) in [4.78, 5) is 23.3. The van der Waals surface area contributed by atoms with Crippen molar-refractivity contribution in [1.29, 1.82) is 0 Å². The first-order chi connectivity index (χ1) is 7.65. The number of hydrogen-bond donors (Lipinski definition) is 0. The molecule has 4 nitrogen and oxygen atoms in total. The van der Waals surface area contributed by atoms with Crippen molar-refractivity contribution in [3.8, 4) is 0 Å². The second kappa shape index (κ2) is 4.44. The van der Waals surface area contributed by atoms with E-state index in [1.54, 1.807) is 6.92 Å². The third kappa shape index (κ3) is 1.81. The van der Waals surface area contributed by atoms with Gasteiger partial charge in [-0.05, 0) is 19.3 Å². The Hall–Kier alpha value is -1.06. The van der Waals surface area contributed by atoms with Gasteiger partial charge < -0.3 is 9.47 Å². The van der Waals surface area contributed by atoms with Crippen molar-refractivity contribution in [2.45, 2.75) is 38.7 Å². The van der Waals surface area contributed by atoms with Gasteiger partial charge in [-0.1, -0.05) is 13.3 Å². The molecule has 1 aliphatic heterocycles. The summed E-state index contributed by atoms with van der Waals surface area (Å²) in [5.41, 5.74) is 0. The molecule has 2 rings (SSSR count). The van der Waals surface area contributed by atoms with E-state index in [9.17, 15) is 9.59 Å². The maximum absolute atomic E-state index is 11.8. The largest absolute Gasteiger partial charge is 0.469 e. The van der Waals surface area contributed by atoms with Crippen LogP contribution in [0.3, 0.4) is 0 Å². The van der Waals surface area contributed by atoms with E-state index < -0.39 is 0 Å². The Kier molecular flexibility index (Phi) is 3.17. The summed E-state index contributed by atoms with van der Waals surface area (Å²) in [5.74, 6) is -0.985. The third-order valence-corrected chi connectivity index (χ3v) is 3.87. The van der Waals surface area contributed by atoms with Gasteiger partial charge in [0.2, 0.25) is 0 Å². The van der Waals surface area contributed by atoms with Crippen LogP contribution in [0.25, 0.3) is 0 Å². The van der Waals surface area contributed by atoms with E-state index in [4.69, 9.17) is 9.47 Å². The Balaban J connectivity index is 2.13. The maximum atomic E-state index is 11.8. The average molecular weight is 226 g/mol. The van der Waals surface area contributed by atoms with Gasteiger partial charge in [-0.2, -0.15) is 0 Å². The normalized spacial score (nSPS) is 35.1. The zero-order chi connectivity index (χ0) is 11.7. The van der Waals surface area contributed by atoms with Crippen LogP contribution in [-0.4, -0.2) is 25.2 Å². The molecule has 1 saturated heterocycles. The topological polar surface area (TPSA) is 52.6 Å². The number of carbonyl (C=O) groups excluding carboxylic acids is 2. The molecule has 0 bridgehead atoms. The highest BCUT2D eigenvalue weighted by Crippen LogP contribution is 2.42. The summed E-state index contributed by atoms with van der Waals surface area (Å²) < 4.78 is 10.1. The molecule has 0 aromatic rings. The second-order valence-corrected chi connectivity index (χ2v) is 4.76. The highest BCUT2D eigenvalue weighted by atomic mass is 16.6. The predicted octanol–water partition coefficient (Wildman–Crippen LogP) is 1.53. The van der Waals surface area contributed by atoms with E-state index in [1.165, 1.54) is 7.11 Å². The molecular formula is C12H18O4. The van der Waals surface area contributed by atoms with Gasteiger partial charge in [0.05, 0.1) is 18.9 Å². The lowest BCUT2D eigenvalue weighted by Crippen LogP contribution is -2.32. The van der Waals surface area contributed by atoms with Crippen LogP contribution in [0.1, 0.15) is 32.6 Å². The van der Waals surface area contributed by atoms with Gasteiger partial charge in [0.1, 0.15) is 6.10 Å². The molecule has 90 valence electrons. The first kappa shape index (κ1) is 11.4. The molecule has 1 heterocycles. The van der Waals surface area contributed by atoms with Gasteiger partial charge in [-0.25, -0.2) is 0 Å². The molecule has 0 spiro atoms. The maximum Gasteiger partial charge on any atom is 0.310 e. The molecule has 0 aromatic heterocycles. The number of esters is 2. The average Bonchev–Trinajstić information content (AvgIpc) is 2.63. The standard InChI is InChI=1S/C12H18O4/c1-7(11(13)15-2)10-8-5-3-4-6-9(8)16-12(10)14/h7-10H,3-6H2,1-2H3/t7-,8+,9-,10+/m1/s1. The minimum absolute atomic E-state index is 0.0401. The smallest absolute Gasteiger partial charge is 0.310 e. The van der Waals surface area contributed by atoms with Gasteiger partial charge in [0, 0.05) is 5.92 Å². The molecule has 1 aliphatic carbocycles. The molecule has 4 heteroatoms. The van der Waals surface area contributed by atoms with Crippen molar-refractivity contribution in [3.63, 3.8) is 0 Å². The minimum atomic E-state index is -0.384. The fourth-order valence-electron chi connectivity index (χ4n) is 2.99. The monoisotopic (exact) mass is 226 g/mol. The van der Waals surface area contributed by atoms with Crippen LogP contribution in [0.2, 0.25) is 0 Å². The van der Waals surface area contributed by atoms with Crippen LogP contribution in [0.4, 0.5) is 0 Å². The minimum Gasteiger partial charge on any atom is -0.469 e. The Morgan fingerprint density at radius 2 is 2.12 bits per heavy atom. The molecule has 0 unspecified atom stereocenters. The van der Waals surface area contributed by atoms with Gasteiger partial charge in [-0.3, -0.25) is 9.59 Å². The van der Waals surface area contributed by atoms with E-state index in [1.807, 2.05) is 0 Å². The highest BCUT2D eigenvalue weighted by molar-refractivity contribution is 5.83. The predicted molar refractivity (Wildman–Crippen MR) is 56.5 cm³/mol. The summed E-state index contributed by atoms with van der Waals surface area (Å²) in [7, 11) is 1.36. The van der Waals surface area contributed by atoms with Crippen LogP contribution in [-0.2, 0) is 19.1 Å². The van der Waals surface area contributed by atoms with E-state index >= 15 is 0 Å². The van der Waals surface area contributed by atoms with Crippen molar-refractivity contribution >= 4 is 11.9 Å². The van der Waals surface area contributed by atoms with Gasteiger partial charge in [0.15, 0.2) is 0 Å². The number of hydrogen-bond acceptors (Lipinski definition) is 4. The van der Waals surface area contributed by atoms with E-state index in [0.29, 0.717) is 0 Å². The lowest BCUT2D eigenvalue weighted by molar-refractivity contribution is -0.154. The number of rotatable bonds is 2. The third-order valence-electron chi connectivity index (χ3n) is 3.87. The lowest BCUT2D eigenvalue weighted by Gasteiger charge is -2.27. The van der Waals surface area contributed by atoms with Crippen LogP contribution in [0.5, 0.6) is 0 Å². The molecule has 0 N–H and O–H groups in total. The molecular weight excluding hydrogens is 208 g/mol. The number of carbonyl (C=O) groups is 2. The van der Waals surface area contributed by atoms with Crippen molar-refractivity contribution in [2.24, 2.45) is 17.8 Å². The molecule has 2 fully saturated rings.